The molecule has 0 radical (unpaired) electrons. The highest BCUT2D eigenvalue weighted by Crippen LogP contribution is 2.45. The second-order valence-electron chi connectivity index (χ2n) is 5.21. The molecule has 6 heteroatoms. The third-order valence-corrected chi connectivity index (χ3v) is 4.86. The molecule has 20 heavy (non-hydrogen) atoms. The first-order chi connectivity index (χ1) is 9.24. The number of halogens is 2. The molecular weight excluding hydrogens is 346 g/mol. The van der Waals surface area contributed by atoms with E-state index >= 15 is 0 Å². The molecule has 1 saturated heterocycles. The molecule has 2 aliphatic heterocycles. The van der Waals surface area contributed by atoms with Crippen molar-refractivity contribution in [2.75, 3.05) is 33.4 Å². The van der Waals surface area contributed by atoms with Crippen LogP contribution in [-0.4, -0.2) is 38.5 Å². The summed E-state index contributed by atoms with van der Waals surface area (Å²) < 4.78 is 12.2. The van der Waals surface area contributed by atoms with Gasteiger partial charge in [0, 0.05) is 43.0 Å². The molecule has 2 N–H and O–H groups in total. The zero-order chi connectivity index (χ0) is 13.4. The fourth-order valence-corrected chi connectivity index (χ4v) is 3.64. The van der Waals surface area contributed by atoms with Gasteiger partial charge in [-0.25, -0.2) is 0 Å². The fraction of sp³-hybridized carbons (Fsp3) is 0.571. The van der Waals surface area contributed by atoms with E-state index in [1.54, 1.807) is 7.11 Å². The standard InChI is InChI=1S/C14H18BrNO3.ClH/c1-18-14-2-9-10-5-16-4-8(6-17)11(10)7-19-13(9)3-12(14)15;/h2-3,8,10-11,16-17H,4-7H2,1H3;1H/t8-,10+,11-;/m1./s1. The largest absolute Gasteiger partial charge is 0.496 e. The molecule has 0 bridgehead atoms. The van der Waals surface area contributed by atoms with Gasteiger partial charge in [0.1, 0.15) is 11.5 Å². The number of aliphatic hydroxyl groups excluding tert-OH is 1. The van der Waals surface area contributed by atoms with E-state index in [-0.39, 0.29) is 24.9 Å². The Kier molecular flexibility index (Phi) is 5.18. The number of aliphatic hydroxyl groups is 1. The van der Waals surface area contributed by atoms with Crippen molar-refractivity contribution in [1.29, 1.82) is 0 Å². The predicted molar refractivity (Wildman–Crippen MR) is 83.1 cm³/mol. The molecule has 0 amide bonds. The van der Waals surface area contributed by atoms with Gasteiger partial charge in [0.2, 0.25) is 0 Å². The molecule has 0 spiro atoms. The SMILES string of the molecule is COc1cc2c(cc1Br)OC[C@@H]1[C@@H](CO)CNC[C@@H]21.Cl. The van der Waals surface area contributed by atoms with Crippen LogP contribution in [0, 0.1) is 11.8 Å². The molecule has 0 saturated carbocycles. The van der Waals surface area contributed by atoms with E-state index in [4.69, 9.17) is 9.47 Å². The average molecular weight is 365 g/mol. The molecule has 0 aliphatic carbocycles. The van der Waals surface area contributed by atoms with Crippen LogP contribution in [-0.2, 0) is 0 Å². The molecule has 4 nitrogen and oxygen atoms in total. The molecule has 1 aromatic rings. The minimum atomic E-state index is 0. The monoisotopic (exact) mass is 363 g/mol. The second-order valence-corrected chi connectivity index (χ2v) is 6.06. The third-order valence-electron chi connectivity index (χ3n) is 4.24. The van der Waals surface area contributed by atoms with Crippen LogP contribution in [0.1, 0.15) is 11.5 Å². The predicted octanol–water partition coefficient (Wildman–Crippen LogP) is 2.18. The third kappa shape index (κ3) is 2.64. The Morgan fingerprint density at radius 3 is 2.95 bits per heavy atom. The van der Waals surface area contributed by atoms with E-state index in [1.165, 1.54) is 5.56 Å². The maximum Gasteiger partial charge on any atom is 0.133 e. The number of benzene rings is 1. The summed E-state index contributed by atoms with van der Waals surface area (Å²) in [6, 6.07) is 4.03. The minimum Gasteiger partial charge on any atom is -0.496 e. The van der Waals surface area contributed by atoms with Crippen molar-refractivity contribution in [3.05, 3.63) is 22.2 Å². The first-order valence-corrected chi connectivity index (χ1v) is 7.35. The van der Waals surface area contributed by atoms with E-state index in [2.05, 4.69) is 27.3 Å². The quantitative estimate of drug-likeness (QED) is 0.844. The second kappa shape index (κ2) is 6.52. The molecule has 2 aliphatic rings. The van der Waals surface area contributed by atoms with Crippen molar-refractivity contribution < 1.29 is 14.6 Å². The van der Waals surface area contributed by atoms with Crippen LogP contribution in [0.2, 0.25) is 0 Å². The lowest BCUT2D eigenvalue weighted by molar-refractivity contribution is 0.0738. The van der Waals surface area contributed by atoms with Gasteiger partial charge in [-0.1, -0.05) is 0 Å². The summed E-state index contributed by atoms with van der Waals surface area (Å²) in [6.07, 6.45) is 0. The average Bonchev–Trinajstić information content (AvgIpc) is 2.45. The number of hydrogen-bond donors (Lipinski definition) is 2. The lowest BCUT2D eigenvalue weighted by Crippen LogP contribution is -2.47. The Morgan fingerprint density at radius 1 is 1.45 bits per heavy atom. The van der Waals surface area contributed by atoms with Crippen molar-refractivity contribution >= 4 is 28.3 Å². The summed E-state index contributed by atoms with van der Waals surface area (Å²) in [5.74, 6) is 2.78. The Hall–Kier alpha value is -0.490. The summed E-state index contributed by atoms with van der Waals surface area (Å²) in [6.45, 7) is 2.69. The fourth-order valence-electron chi connectivity index (χ4n) is 3.16. The molecule has 1 aromatic carbocycles. The Bertz CT molecular complexity index is 486. The maximum atomic E-state index is 9.50. The van der Waals surface area contributed by atoms with Crippen LogP contribution in [0.15, 0.2) is 16.6 Å². The van der Waals surface area contributed by atoms with E-state index in [0.717, 1.165) is 29.1 Å². The van der Waals surface area contributed by atoms with Gasteiger partial charge in [0.15, 0.2) is 0 Å². The molecule has 2 heterocycles. The lowest BCUT2D eigenvalue weighted by Gasteiger charge is -2.42. The van der Waals surface area contributed by atoms with Gasteiger partial charge in [-0.05, 0) is 28.1 Å². The number of piperidine rings is 1. The van der Waals surface area contributed by atoms with Gasteiger partial charge in [-0.2, -0.15) is 0 Å². The summed E-state index contributed by atoms with van der Waals surface area (Å²) in [5, 5.41) is 12.9. The number of hydrogen-bond acceptors (Lipinski definition) is 4. The molecular formula is C14H19BrClNO3. The van der Waals surface area contributed by atoms with Gasteiger partial charge < -0.3 is 19.9 Å². The van der Waals surface area contributed by atoms with Crippen molar-refractivity contribution in [3.8, 4) is 11.5 Å². The topological polar surface area (TPSA) is 50.7 Å². The number of rotatable bonds is 2. The van der Waals surface area contributed by atoms with Crippen molar-refractivity contribution in [1.82, 2.24) is 5.32 Å². The van der Waals surface area contributed by atoms with E-state index in [1.807, 2.05) is 6.07 Å². The van der Waals surface area contributed by atoms with E-state index < -0.39 is 0 Å². The summed E-state index contributed by atoms with van der Waals surface area (Å²) in [4.78, 5) is 0. The molecule has 3 rings (SSSR count). The molecule has 0 aromatic heterocycles. The first-order valence-electron chi connectivity index (χ1n) is 6.56. The van der Waals surface area contributed by atoms with Crippen LogP contribution in [0.5, 0.6) is 11.5 Å². The highest BCUT2D eigenvalue weighted by Gasteiger charge is 2.39. The van der Waals surface area contributed by atoms with Gasteiger partial charge in [-0.15, -0.1) is 12.4 Å². The normalized spacial score (nSPS) is 27.6. The Balaban J connectivity index is 0.00000147. The van der Waals surface area contributed by atoms with Gasteiger partial charge >= 0.3 is 0 Å². The molecule has 112 valence electrons. The van der Waals surface area contributed by atoms with Crippen LogP contribution >= 0.6 is 28.3 Å². The van der Waals surface area contributed by atoms with Crippen molar-refractivity contribution in [2.24, 2.45) is 11.8 Å². The summed E-state index contributed by atoms with van der Waals surface area (Å²) in [7, 11) is 1.67. The Morgan fingerprint density at radius 2 is 2.25 bits per heavy atom. The van der Waals surface area contributed by atoms with Crippen LogP contribution in [0.3, 0.4) is 0 Å². The van der Waals surface area contributed by atoms with Crippen LogP contribution in [0.4, 0.5) is 0 Å². The molecule has 1 fully saturated rings. The van der Waals surface area contributed by atoms with Gasteiger partial charge in [-0.3, -0.25) is 0 Å². The molecule has 0 unspecified atom stereocenters. The van der Waals surface area contributed by atoms with E-state index in [0.29, 0.717) is 18.4 Å². The summed E-state index contributed by atoms with van der Waals surface area (Å²) in [5.41, 5.74) is 1.18. The highest BCUT2D eigenvalue weighted by atomic mass is 79.9. The lowest BCUT2D eigenvalue weighted by atomic mass is 9.74. The Labute approximate surface area is 133 Å². The molecule has 3 atom stereocenters. The minimum absolute atomic E-state index is 0. The van der Waals surface area contributed by atoms with Gasteiger partial charge in [0.05, 0.1) is 18.2 Å². The zero-order valence-corrected chi connectivity index (χ0v) is 13.7. The number of nitrogens with one attached hydrogen (secondary N) is 1. The highest BCUT2D eigenvalue weighted by molar-refractivity contribution is 9.10. The number of fused-ring (bicyclic) bond motifs is 3. The smallest absolute Gasteiger partial charge is 0.133 e. The van der Waals surface area contributed by atoms with E-state index in [9.17, 15) is 5.11 Å². The summed E-state index contributed by atoms with van der Waals surface area (Å²) >= 11 is 3.49. The number of methoxy groups -OCH3 is 1. The van der Waals surface area contributed by atoms with Crippen LogP contribution in [0.25, 0.3) is 0 Å². The number of ether oxygens (including phenoxy) is 2. The first kappa shape index (κ1) is 15.9. The maximum absolute atomic E-state index is 9.50. The van der Waals surface area contributed by atoms with Crippen molar-refractivity contribution in [3.63, 3.8) is 0 Å². The van der Waals surface area contributed by atoms with Crippen LogP contribution < -0.4 is 14.8 Å². The zero-order valence-electron chi connectivity index (χ0n) is 11.3. The van der Waals surface area contributed by atoms with Gasteiger partial charge in [0.25, 0.3) is 0 Å². The van der Waals surface area contributed by atoms with Crippen molar-refractivity contribution in [2.45, 2.75) is 5.92 Å².